The van der Waals surface area contributed by atoms with Gasteiger partial charge in [0.1, 0.15) is 21.1 Å². The van der Waals surface area contributed by atoms with Crippen molar-refractivity contribution in [1.82, 2.24) is 4.98 Å². The van der Waals surface area contributed by atoms with Crippen LogP contribution in [0.1, 0.15) is 11.3 Å². The fourth-order valence-electron chi connectivity index (χ4n) is 2.79. The Kier molecular flexibility index (Phi) is 5.85. The van der Waals surface area contributed by atoms with Crippen molar-refractivity contribution >= 4 is 26.6 Å². The second kappa shape index (κ2) is 8.00. The fraction of sp³-hybridized carbons (Fsp3) is 0.105. The number of halogens is 5. The first-order valence-corrected chi connectivity index (χ1v) is 10.1. The molecule has 0 aliphatic heterocycles. The number of hydrogen-bond acceptors (Lipinski definition) is 3. The van der Waals surface area contributed by atoms with Crippen molar-refractivity contribution in [2.45, 2.75) is 11.9 Å². The summed E-state index contributed by atoms with van der Waals surface area (Å²) in [4.78, 5) is 3.60. The second-order valence-electron chi connectivity index (χ2n) is 5.91. The van der Waals surface area contributed by atoms with Gasteiger partial charge < -0.3 is 0 Å². The van der Waals surface area contributed by atoms with Crippen LogP contribution >= 0.6 is 15.9 Å². The highest BCUT2D eigenvalue weighted by molar-refractivity contribution is 9.10. The van der Waals surface area contributed by atoms with E-state index in [1.54, 1.807) is 12.1 Å². The van der Waals surface area contributed by atoms with Crippen LogP contribution in [0, 0.1) is 5.82 Å². The van der Waals surface area contributed by atoms with Crippen LogP contribution < -0.4 is 0 Å². The van der Waals surface area contributed by atoms with Gasteiger partial charge in [0.05, 0.1) is 5.75 Å². The third kappa shape index (κ3) is 4.59. The Hall–Kier alpha value is -2.26. The van der Waals surface area contributed by atoms with E-state index in [-0.39, 0.29) is 27.0 Å². The minimum atomic E-state index is -4.73. The van der Waals surface area contributed by atoms with Crippen molar-refractivity contribution in [1.29, 1.82) is 0 Å². The molecule has 0 spiro atoms. The van der Waals surface area contributed by atoms with Crippen LogP contribution in [0.15, 0.2) is 59.2 Å². The van der Waals surface area contributed by atoms with Crippen LogP contribution in [0.4, 0.5) is 17.6 Å². The monoisotopic (exact) mass is 473 g/mol. The van der Waals surface area contributed by atoms with Gasteiger partial charge in [-0.2, -0.15) is 13.2 Å². The molecule has 0 radical (unpaired) electrons. The average Bonchev–Trinajstić information content (AvgIpc) is 2.61. The van der Waals surface area contributed by atoms with Crippen LogP contribution in [0.5, 0.6) is 0 Å². The Morgan fingerprint density at radius 3 is 2.04 bits per heavy atom. The molecule has 0 bridgehead atoms. The zero-order valence-corrected chi connectivity index (χ0v) is 16.5. The zero-order chi connectivity index (χ0) is 20.5. The van der Waals surface area contributed by atoms with Gasteiger partial charge in [-0.3, -0.25) is 0 Å². The molecule has 0 unspecified atom stereocenters. The average molecular weight is 474 g/mol. The maximum atomic E-state index is 13.7. The third-order valence-electron chi connectivity index (χ3n) is 3.97. The minimum Gasteiger partial charge on any atom is -0.236 e. The molecule has 1 heterocycles. The van der Waals surface area contributed by atoms with Gasteiger partial charge in [-0.25, -0.2) is 17.8 Å². The summed E-state index contributed by atoms with van der Waals surface area (Å²) < 4.78 is 76.0. The van der Waals surface area contributed by atoms with Crippen molar-refractivity contribution in [3.05, 3.63) is 76.3 Å². The number of hydrogen-bond donors (Lipinski definition) is 1. The lowest BCUT2D eigenvalue weighted by atomic mass is 9.93. The van der Waals surface area contributed by atoms with Crippen molar-refractivity contribution in [2.24, 2.45) is 0 Å². The van der Waals surface area contributed by atoms with Gasteiger partial charge in [0, 0.05) is 5.56 Å². The molecule has 0 N–H and O–H groups in total. The Balaban J connectivity index is 2.25. The molecule has 1 aromatic heterocycles. The lowest BCUT2D eigenvalue weighted by molar-refractivity contribution is -0.140. The lowest BCUT2D eigenvalue weighted by Crippen LogP contribution is -2.11. The molecule has 0 amide bonds. The molecule has 146 valence electrons. The third-order valence-corrected chi connectivity index (χ3v) is 5.00. The van der Waals surface area contributed by atoms with Gasteiger partial charge in [0.2, 0.25) is 0 Å². The normalized spacial score (nSPS) is 11.8. The number of benzene rings is 2. The molecule has 2 aromatic carbocycles. The van der Waals surface area contributed by atoms with Crippen molar-refractivity contribution in [3.8, 4) is 22.3 Å². The first-order valence-electron chi connectivity index (χ1n) is 7.90. The summed E-state index contributed by atoms with van der Waals surface area (Å²) in [7, 11) is -2.61. The number of nitrogens with zero attached hydrogens (tertiary/aromatic N) is 1. The lowest BCUT2D eigenvalue weighted by Gasteiger charge is -2.17. The predicted molar refractivity (Wildman–Crippen MR) is 102 cm³/mol. The first-order chi connectivity index (χ1) is 13.1. The minimum absolute atomic E-state index is 0.00704. The van der Waals surface area contributed by atoms with Gasteiger partial charge in [-0.05, 0) is 56.4 Å². The molecule has 28 heavy (non-hydrogen) atoms. The molecule has 3 rings (SSSR count). The summed E-state index contributed by atoms with van der Waals surface area (Å²) in [5.74, 6) is -0.728. The van der Waals surface area contributed by atoms with E-state index in [1.165, 1.54) is 30.3 Å². The molecule has 0 atom stereocenters. The van der Waals surface area contributed by atoms with E-state index >= 15 is 0 Å². The van der Waals surface area contributed by atoms with Crippen LogP contribution in [-0.4, -0.2) is 13.4 Å². The van der Waals surface area contributed by atoms with Crippen molar-refractivity contribution in [3.63, 3.8) is 0 Å². The quantitative estimate of drug-likeness (QED) is 0.311. The number of thiol groups is 1. The smallest absolute Gasteiger partial charge is 0.236 e. The second-order valence-corrected chi connectivity index (χ2v) is 7.70. The summed E-state index contributed by atoms with van der Waals surface area (Å²) in [6.45, 7) is 0. The summed E-state index contributed by atoms with van der Waals surface area (Å²) in [5, 5.41) is 0. The highest BCUT2D eigenvalue weighted by atomic mass is 79.9. The van der Waals surface area contributed by atoms with E-state index in [2.05, 4.69) is 20.9 Å². The molecule has 3 nitrogen and oxygen atoms in total. The maximum absolute atomic E-state index is 13.7. The summed E-state index contributed by atoms with van der Waals surface area (Å²) >= 11 is 3.02. The van der Waals surface area contributed by atoms with Crippen LogP contribution in [0.25, 0.3) is 22.3 Å². The van der Waals surface area contributed by atoms with Gasteiger partial charge in [-0.1, -0.05) is 36.4 Å². The number of rotatable bonds is 4. The highest BCUT2D eigenvalue weighted by Gasteiger charge is 2.37. The highest BCUT2D eigenvalue weighted by Crippen LogP contribution is 2.42. The summed E-state index contributed by atoms with van der Waals surface area (Å²) in [5.41, 5.74) is 0.0769. The molecule has 0 saturated carbocycles. The summed E-state index contributed by atoms with van der Waals surface area (Å²) in [6, 6.07) is 12.3. The van der Waals surface area contributed by atoms with Crippen LogP contribution in [-0.2, 0) is 22.6 Å². The fourth-order valence-corrected chi connectivity index (χ4v) is 3.71. The van der Waals surface area contributed by atoms with Crippen LogP contribution in [0.2, 0.25) is 0 Å². The van der Waals surface area contributed by atoms with E-state index in [1.807, 2.05) is 0 Å². The van der Waals surface area contributed by atoms with E-state index in [0.29, 0.717) is 11.1 Å². The van der Waals surface area contributed by atoms with Gasteiger partial charge in [0.15, 0.2) is 5.69 Å². The van der Waals surface area contributed by atoms with E-state index in [9.17, 15) is 26.0 Å². The Bertz CT molecular complexity index is 1070. The van der Waals surface area contributed by atoms with E-state index in [4.69, 9.17) is 0 Å². The van der Waals surface area contributed by atoms with Gasteiger partial charge >= 0.3 is 6.18 Å². The standard InChI is InChI=1S/C19H12BrF4NO2S/c20-16-9-15(12-3-1-11(2-4-12)10-28(26)27)17(18(25-16)19(22,23)24)13-5-7-14(21)8-6-13/h1-9,28H,10H2. The molecule has 0 saturated heterocycles. The molecule has 0 aliphatic rings. The number of pyridine rings is 1. The maximum Gasteiger partial charge on any atom is 0.434 e. The molecular weight excluding hydrogens is 462 g/mol. The Morgan fingerprint density at radius 2 is 1.50 bits per heavy atom. The molecule has 9 heteroatoms. The number of alkyl halides is 3. The Labute approximate surface area is 168 Å². The van der Waals surface area contributed by atoms with Gasteiger partial charge in [0.25, 0.3) is 0 Å². The Morgan fingerprint density at radius 1 is 0.929 bits per heavy atom. The SMILES string of the molecule is O=[SH](=O)Cc1ccc(-c2cc(Br)nc(C(F)(F)F)c2-c2ccc(F)cc2)cc1. The molecular formula is C19H12BrF4NO2S. The van der Waals surface area contributed by atoms with Crippen LogP contribution in [0.3, 0.4) is 0 Å². The molecule has 0 fully saturated rings. The first kappa shape index (κ1) is 20.5. The van der Waals surface area contributed by atoms with E-state index < -0.39 is 28.4 Å². The number of aromatic nitrogens is 1. The van der Waals surface area contributed by atoms with Gasteiger partial charge in [-0.15, -0.1) is 0 Å². The largest absolute Gasteiger partial charge is 0.434 e. The topological polar surface area (TPSA) is 47.0 Å². The predicted octanol–water partition coefficient (Wildman–Crippen LogP) is 5.45. The zero-order valence-electron chi connectivity index (χ0n) is 14.0. The molecule has 3 aromatic rings. The van der Waals surface area contributed by atoms with E-state index in [0.717, 1.165) is 12.1 Å². The van der Waals surface area contributed by atoms with Crippen molar-refractivity contribution < 1.29 is 26.0 Å². The van der Waals surface area contributed by atoms with Crippen molar-refractivity contribution in [2.75, 3.05) is 0 Å². The summed E-state index contributed by atoms with van der Waals surface area (Å²) in [6.07, 6.45) is -4.73. The molecule has 0 aliphatic carbocycles.